The molecule has 0 saturated heterocycles. The molecule has 17 heavy (non-hydrogen) atoms. The molecule has 1 aromatic rings. The van der Waals surface area contributed by atoms with Gasteiger partial charge in [0.2, 0.25) is 0 Å². The van der Waals surface area contributed by atoms with Crippen molar-refractivity contribution >= 4 is 33.4 Å². The molecule has 0 atom stereocenters. The van der Waals surface area contributed by atoms with Gasteiger partial charge in [0.15, 0.2) is 0 Å². The highest BCUT2D eigenvalue weighted by atomic mass is 79.9. The summed E-state index contributed by atoms with van der Waals surface area (Å²) in [5.41, 5.74) is 0.448. The average Bonchev–Trinajstić information content (AvgIpc) is 2.28. The fraction of sp³-hybridized carbons (Fsp3) is 0.500. The Labute approximate surface area is 115 Å². The zero-order chi connectivity index (χ0) is 13.0. The normalized spacial score (nSPS) is 10.7. The van der Waals surface area contributed by atoms with Gasteiger partial charge in [0, 0.05) is 23.8 Å². The second-order valence-electron chi connectivity index (χ2n) is 4.23. The van der Waals surface area contributed by atoms with Crippen molar-refractivity contribution < 1.29 is 4.79 Å². The van der Waals surface area contributed by atoms with Crippen molar-refractivity contribution in [1.29, 1.82) is 0 Å². The van der Waals surface area contributed by atoms with Crippen LogP contribution in [0.2, 0.25) is 5.15 Å². The molecule has 0 aromatic carbocycles. The van der Waals surface area contributed by atoms with Crippen LogP contribution >= 0.6 is 27.5 Å². The van der Waals surface area contributed by atoms with E-state index >= 15 is 0 Å². The average molecular weight is 320 g/mol. The second-order valence-corrected chi connectivity index (χ2v) is 5.50. The lowest BCUT2D eigenvalue weighted by Gasteiger charge is -2.23. The molecule has 0 aliphatic heterocycles. The van der Waals surface area contributed by atoms with Gasteiger partial charge in [-0.15, -0.1) is 0 Å². The van der Waals surface area contributed by atoms with E-state index in [-0.39, 0.29) is 11.1 Å². The number of aromatic nitrogens is 1. The van der Waals surface area contributed by atoms with Crippen LogP contribution in [-0.4, -0.2) is 28.9 Å². The molecule has 0 spiro atoms. The van der Waals surface area contributed by atoms with Gasteiger partial charge in [-0.2, -0.15) is 0 Å². The summed E-state index contributed by atoms with van der Waals surface area (Å²) in [7, 11) is 0. The summed E-state index contributed by atoms with van der Waals surface area (Å²) in [4.78, 5) is 18.0. The molecule has 0 aliphatic carbocycles. The van der Waals surface area contributed by atoms with Crippen LogP contribution in [0, 0.1) is 5.92 Å². The quantitative estimate of drug-likeness (QED) is 0.794. The van der Waals surface area contributed by atoms with E-state index in [0.29, 0.717) is 18.0 Å². The van der Waals surface area contributed by atoms with Crippen LogP contribution in [0.25, 0.3) is 0 Å². The van der Waals surface area contributed by atoms with E-state index in [1.165, 1.54) is 0 Å². The Kier molecular flexibility index (Phi) is 5.40. The number of amides is 1. The number of hydrogen-bond donors (Lipinski definition) is 0. The van der Waals surface area contributed by atoms with Gasteiger partial charge < -0.3 is 4.90 Å². The van der Waals surface area contributed by atoms with Crippen LogP contribution in [0.5, 0.6) is 0 Å². The third-order valence-electron chi connectivity index (χ3n) is 2.29. The van der Waals surface area contributed by atoms with Crippen molar-refractivity contribution in [2.24, 2.45) is 5.92 Å². The van der Waals surface area contributed by atoms with Gasteiger partial charge in [0.05, 0.1) is 5.56 Å². The maximum Gasteiger partial charge on any atom is 0.257 e. The van der Waals surface area contributed by atoms with Gasteiger partial charge >= 0.3 is 0 Å². The largest absolute Gasteiger partial charge is 0.339 e. The third-order valence-corrected chi connectivity index (χ3v) is 3.03. The molecule has 1 aromatic heterocycles. The molecule has 94 valence electrons. The fourth-order valence-corrected chi connectivity index (χ4v) is 2.05. The number of hydrogen-bond acceptors (Lipinski definition) is 2. The van der Waals surface area contributed by atoms with E-state index in [4.69, 9.17) is 11.6 Å². The summed E-state index contributed by atoms with van der Waals surface area (Å²) in [6, 6.07) is 1.71. The Hall–Kier alpha value is -0.610. The molecule has 3 nitrogen and oxygen atoms in total. The van der Waals surface area contributed by atoms with Gasteiger partial charge in [0.25, 0.3) is 5.91 Å². The predicted octanol–water partition coefficient (Wildman–Crippen LogP) is 3.62. The first-order valence-electron chi connectivity index (χ1n) is 5.56. The van der Waals surface area contributed by atoms with Crippen LogP contribution < -0.4 is 0 Å². The van der Waals surface area contributed by atoms with Crippen molar-refractivity contribution in [3.63, 3.8) is 0 Å². The van der Waals surface area contributed by atoms with Crippen LogP contribution in [0.1, 0.15) is 31.1 Å². The van der Waals surface area contributed by atoms with Gasteiger partial charge in [-0.05, 0) is 34.8 Å². The van der Waals surface area contributed by atoms with Crippen LogP contribution in [0.3, 0.4) is 0 Å². The molecule has 5 heteroatoms. The fourth-order valence-electron chi connectivity index (χ4n) is 1.54. The Bertz CT molecular complexity index is 409. The highest BCUT2D eigenvalue weighted by molar-refractivity contribution is 9.10. The maximum atomic E-state index is 12.3. The summed E-state index contributed by atoms with van der Waals surface area (Å²) in [6.07, 6.45) is 1.58. The van der Waals surface area contributed by atoms with E-state index in [1.54, 1.807) is 17.2 Å². The molecule has 0 radical (unpaired) electrons. The molecular weight excluding hydrogens is 304 g/mol. The maximum absolute atomic E-state index is 12.3. The molecule has 1 amide bonds. The zero-order valence-corrected chi connectivity index (χ0v) is 12.5. The predicted molar refractivity (Wildman–Crippen MR) is 73.4 cm³/mol. The number of nitrogens with zero attached hydrogens (tertiary/aromatic N) is 2. The zero-order valence-electron chi connectivity index (χ0n) is 10.2. The van der Waals surface area contributed by atoms with Crippen molar-refractivity contribution in [3.8, 4) is 0 Å². The number of carbonyl (C=O) groups excluding carboxylic acids is 1. The molecule has 0 unspecified atom stereocenters. The van der Waals surface area contributed by atoms with E-state index in [9.17, 15) is 4.79 Å². The van der Waals surface area contributed by atoms with Crippen LogP contribution in [-0.2, 0) is 0 Å². The number of halogens is 2. The van der Waals surface area contributed by atoms with Crippen LogP contribution in [0.4, 0.5) is 0 Å². The van der Waals surface area contributed by atoms with Gasteiger partial charge in [-0.3, -0.25) is 4.79 Å². The number of pyridine rings is 1. The molecule has 1 rings (SSSR count). The molecule has 0 saturated carbocycles. The molecule has 0 N–H and O–H groups in total. The Balaban J connectivity index is 2.97. The molecular formula is C12H16BrClN2O. The summed E-state index contributed by atoms with van der Waals surface area (Å²) in [5.74, 6) is 0.359. The van der Waals surface area contributed by atoms with Crippen molar-refractivity contribution in [3.05, 3.63) is 27.5 Å². The van der Waals surface area contributed by atoms with E-state index in [1.807, 2.05) is 6.92 Å². The van der Waals surface area contributed by atoms with E-state index in [2.05, 4.69) is 34.8 Å². The minimum absolute atomic E-state index is 0.0694. The van der Waals surface area contributed by atoms with Crippen molar-refractivity contribution in [2.75, 3.05) is 13.1 Å². The first-order valence-corrected chi connectivity index (χ1v) is 6.73. The lowest BCUT2D eigenvalue weighted by molar-refractivity contribution is 0.0745. The SMILES string of the molecule is CCN(CC(C)C)C(=O)c1cc(Br)cnc1Cl. The molecule has 0 aliphatic rings. The number of carbonyl (C=O) groups is 1. The first-order chi connectivity index (χ1) is 7.95. The molecule has 0 bridgehead atoms. The lowest BCUT2D eigenvalue weighted by atomic mass is 10.2. The Morgan fingerprint density at radius 2 is 2.24 bits per heavy atom. The second kappa shape index (κ2) is 6.36. The molecule has 1 heterocycles. The van der Waals surface area contributed by atoms with Crippen molar-refractivity contribution in [2.45, 2.75) is 20.8 Å². The van der Waals surface area contributed by atoms with Gasteiger partial charge in [0.1, 0.15) is 5.15 Å². The summed E-state index contributed by atoms with van der Waals surface area (Å²) < 4.78 is 0.755. The van der Waals surface area contributed by atoms with E-state index < -0.39 is 0 Å². The molecule has 0 fully saturated rings. The van der Waals surface area contributed by atoms with E-state index in [0.717, 1.165) is 11.0 Å². The summed E-state index contributed by atoms with van der Waals surface area (Å²) >= 11 is 9.24. The topological polar surface area (TPSA) is 33.2 Å². The highest BCUT2D eigenvalue weighted by Gasteiger charge is 2.18. The van der Waals surface area contributed by atoms with Crippen molar-refractivity contribution in [1.82, 2.24) is 9.88 Å². The smallest absolute Gasteiger partial charge is 0.257 e. The Morgan fingerprint density at radius 1 is 1.59 bits per heavy atom. The lowest BCUT2D eigenvalue weighted by Crippen LogP contribution is -2.34. The standard InChI is InChI=1S/C12H16BrClN2O/c1-4-16(7-8(2)3)12(17)10-5-9(13)6-15-11(10)14/h5-6,8H,4,7H2,1-3H3. The minimum Gasteiger partial charge on any atom is -0.339 e. The summed E-state index contributed by atoms with van der Waals surface area (Å²) in [5, 5.41) is 0.250. The first kappa shape index (κ1) is 14.5. The monoisotopic (exact) mass is 318 g/mol. The number of rotatable bonds is 4. The highest BCUT2D eigenvalue weighted by Crippen LogP contribution is 2.20. The van der Waals surface area contributed by atoms with Gasteiger partial charge in [-0.1, -0.05) is 25.4 Å². The van der Waals surface area contributed by atoms with Gasteiger partial charge in [-0.25, -0.2) is 4.98 Å². The summed E-state index contributed by atoms with van der Waals surface area (Å²) in [6.45, 7) is 7.51. The van der Waals surface area contributed by atoms with Crippen LogP contribution in [0.15, 0.2) is 16.7 Å². The Morgan fingerprint density at radius 3 is 2.76 bits per heavy atom. The third kappa shape index (κ3) is 3.96. The minimum atomic E-state index is -0.0694.